The van der Waals surface area contributed by atoms with Gasteiger partial charge < -0.3 is 14.7 Å². The van der Waals surface area contributed by atoms with E-state index in [0.29, 0.717) is 24.5 Å². The Kier molecular flexibility index (Phi) is 6.72. The lowest BCUT2D eigenvalue weighted by molar-refractivity contribution is -0.162. The van der Waals surface area contributed by atoms with Crippen molar-refractivity contribution in [1.29, 1.82) is 0 Å². The van der Waals surface area contributed by atoms with Crippen molar-refractivity contribution in [3.05, 3.63) is 22.9 Å². The summed E-state index contributed by atoms with van der Waals surface area (Å²) in [5, 5.41) is 14.5. The summed E-state index contributed by atoms with van der Waals surface area (Å²) in [7, 11) is 0. The molecule has 2 aliphatic rings. The van der Waals surface area contributed by atoms with Gasteiger partial charge in [0.1, 0.15) is 23.5 Å². The van der Waals surface area contributed by atoms with Crippen molar-refractivity contribution in [3.8, 4) is 0 Å². The Hall–Kier alpha value is -1.49. The van der Waals surface area contributed by atoms with E-state index in [1.807, 2.05) is 6.92 Å². The Morgan fingerprint density at radius 2 is 2.21 bits per heavy atom. The molecule has 134 valence electrons. The molecule has 0 aromatic heterocycles. The van der Waals surface area contributed by atoms with Crippen LogP contribution in [0.3, 0.4) is 0 Å². The third-order valence-electron chi connectivity index (χ3n) is 4.69. The molecule has 1 spiro atoms. The third-order valence-corrected chi connectivity index (χ3v) is 4.87. The van der Waals surface area contributed by atoms with Crippen LogP contribution in [-0.4, -0.2) is 29.0 Å². The van der Waals surface area contributed by atoms with E-state index in [0.717, 1.165) is 32.1 Å². The van der Waals surface area contributed by atoms with E-state index in [-0.39, 0.29) is 17.9 Å². The minimum absolute atomic E-state index is 0.0736. The number of ether oxygens (including phenoxy) is 1. The third kappa shape index (κ3) is 4.53. The van der Waals surface area contributed by atoms with E-state index >= 15 is 0 Å². The van der Waals surface area contributed by atoms with Crippen molar-refractivity contribution in [1.82, 2.24) is 0 Å². The van der Waals surface area contributed by atoms with Crippen LogP contribution in [0, 0.1) is 5.92 Å². The summed E-state index contributed by atoms with van der Waals surface area (Å²) in [6.45, 7) is 4.39. The predicted octanol–water partition coefficient (Wildman–Crippen LogP) is 4.62. The quantitative estimate of drug-likeness (QED) is 0.326. The molecule has 0 atom stereocenters. The van der Waals surface area contributed by atoms with Gasteiger partial charge >= 0.3 is 5.97 Å². The van der Waals surface area contributed by atoms with Crippen molar-refractivity contribution in [2.45, 2.75) is 64.4 Å². The number of esters is 1. The Labute approximate surface area is 148 Å². The van der Waals surface area contributed by atoms with E-state index in [1.54, 1.807) is 6.08 Å². The second kappa shape index (κ2) is 8.56. The van der Waals surface area contributed by atoms with E-state index in [9.17, 15) is 9.90 Å². The average Bonchev–Trinajstić information content (AvgIpc) is 2.54. The molecule has 6 heteroatoms. The first-order valence-corrected chi connectivity index (χ1v) is 9.05. The Balaban J connectivity index is 2.19. The van der Waals surface area contributed by atoms with Crippen LogP contribution >= 0.6 is 11.6 Å². The molecular formula is C18H26ClNO4. The molecule has 1 saturated carbocycles. The monoisotopic (exact) mass is 355 g/mol. The lowest BCUT2D eigenvalue weighted by Gasteiger charge is -2.41. The van der Waals surface area contributed by atoms with Gasteiger partial charge in [-0.05, 0) is 44.1 Å². The maximum Gasteiger partial charge on any atom is 0.344 e. The highest BCUT2D eigenvalue weighted by Crippen LogP contribution is 2.42. The van der Waals surface area contributed by atoms with Crippen LogP contribution in [0.1, 0.15) is 58.8 Å². The van der Waals surface area contributed by atoms with Gasteiger partial charge in [-0.3, -0.25) is 0 Å². The molecule has 1 N–H and O–H groups in total. The van der Waals surface area contributed by atoms with Crippen LogP contribution < -0.4 is 0 Å². The summed E-state index contributed by atoms with van der Waals surface area (Å²) in [5.41, 5.74) is 1.39. The van der Waals surface area contributed by atoms with Gasteiger partial charge in [0.15, 0.2) is 0 Å². The summed E-state index contributed by atoms with van der Waals surface area (Å²) < 4.78 is 5.77. The first-order chi connectivity index (χ1) is 11.5. The molecule has 0 radical (unpaired) electrons. The molecule has 0 amide bonds. The number of hydrogen-bond acceptors (Lipinski definition) is 5. The minimum Gasteiger partial charge on any atom is -0.511 e. The van der Waals surface area contributed by atoms with Gasteiger partial charge in [0.25, 0.3) is 0 Å². The molecule has 2 rings (SSSR count). The zero-order valence-corrected chi connectivity index (χ0v) is 15.1. The van der Waals surface area contributed by atoms with Crippen molar-refractivity contribution in [2.24, 2.45) is 11.1 Å². The van der Waals surface area contributed by atoms with Crippen LogP contribution in [0.15, 0.2) is 28.1 Å². The lowest BCUT2D eigenvalue weighted by atomic mass is 9.75. The van der Waals surface area contributed by atoms with Gasteiger partial charge in [-0.2, -0.15) is 0 Å². The standard InChI is InChI=1S/C18H26ClNO4/c1-3-5-14(20-23-11-4-10-19)16-15(21)12-18(24-17(16)22)8-6-13(2)7-9-18/h4,10,13,21H,3,5-9,11-12H2,1-2H3. The maximum absolute atomic E-state index is 12.6. The summed E-state index contributed by atoms with van der Waals surface area (Å²) in [6.07, 6.45) is 6.90. The minimum atomic E-state index is -0.545. The van der Waals surface area contributed by atoms with Crippen molar-refractivity contribution >= 4 is 23.3 Å². The zero-order valence-electron chi connectivity index (χ0n) is 14.4. The van der Waals surface area contributed by atoms with Gasteiger partial charge in [-0.15, -0.1) is 0 Å². The van der Waals surface area contributed by atoms with Crippen LogP contribution in [0.2, 0.25) is 0 Å². The molecule has 1 heterocycles. The number of rotatable bonds is 6. The summed E-state index contributed by atoms with van der Waals surface area (Å²) in [5.74, 6) is 0.226. The molecule has 0 saturated heterocycles. The van der Waals surface area contributed by atoms with Crippen LogP contribution in [0.4, 0.5) is 0 Å². The second-order valence-corrected chi connectivity index (χ2v) is 6.95. The normalized spacial score (nSPS) is 28.5. The number of aliphatic hydroxyl groups excluding tert-OH is 1. The van der Waals surface area contributed by atoms with Gasteiger partial charge in [0.2, 0.25) is 0 Å². The van der Waals surface area contributed by atoms with Crippen LogP contribution in [-0.2, 0) is 14.4 Å². The van der Waals surface area contributed by atoms with Crippen molar-refractivity contribution < 1.29 is 19.5 Å². The van der Waals surface area contributed by atoms with Crippen LogP contribution in [0.5, 0.6) is 0 Å². The molecule has 1 aliphatic carbocycles. The molecule has 5 nitrogen and oxygen atoms in total. The first-order valence-electron chi connectivity index (χ1n) is 8.61. The Morgan fingerprint density at radius 3 is 2.79 bits per heavy atom. The Morgan fingerprint density at radius 1 is 1.50 bits per heavy atom. The summed E-state index contributed by atoms with van der Waals surface area (Å²) in [4.78, 5) is 17.7. The molecular weight excluding hydrogens is 330 g/mol. The van der Waals surface area contributed by atoms with E-state index in [1.165, 1.54) is 5.54 Å². The number of carbonyl (C=O) groups excluding carboxylic acids is 1. The van der Waals surface area contributed by atoms with E-state index < -0.39 is 11.6 Å². The van der Waals surface area contributed by atoms with Gasteiger partial charge in [-0.1, -0.05) is 37.0 Å². The number of halogens is 1. The van der Waals surface area contributed by atoms with Gasteiger partial charge in [0, 0.05) is 12.0 Å². The number of hydrogen-bond donors (Lipinski definition) is 1. The van der Waals surface area contributed by atoms with Gasteiger partial charge in [-0.25, -0.2) is 4.79 Å². The summed E-state index contributed by atoms with van der Waals surface area (Å²) >= 11 is 5.43. The Bertz CT molecular complexity index is 545. The highest BCUT2D eigenvalue weighted by Gasteiger charge is 2.44. The number of nitrogens with zero attached hydrogens (tertiary/aromatic N) is 1. The smallest absolute Gasteiger partial charge is 0.344 e. The fourth-order valence-corrected chi connectivity index (χ4v) is 3.37. The number of aliphatic hydroxyl groups is 1. The molecule has 1 fully saturated rings. The van der Waals surface area contributed by atoms with Gasteiger partial charge in [0.05, 0.1) is 5.71 Å². The SMILES string of the molecule is CCCC(=NOCC=CCl)C1=C(O)CC2(CCC(C)CC2)OC1=O. The van der Waals surface area contributed by atoms with Crippen molar-refractivity contribution in [2.75, 3.05) is 6.61 Å². The topological polar surface area (TPSA) is 68.1 Å². The van der Waals surface area contributed by atoms with Crippen LogP contribution in [0.25, 0.3) is 0 Å². The van der Waals surface area contributed by atoms with Crippen molar-refractivity contribution in [3.63, 3.8) is 0 Å². The molecule has 1 aliphatic heterocycles. The predicted molar refractivity (Wildman–Crippen MR) is 94.0 cm³/mol. The molecule has 24 heavy (non-hydrogen) atoms. The molecule has 0 unspecified atom stereocenters. The fourth-order valence-electron chi connectivity index (χ4n) is 3.29. The highest BCUT2D eigenvalue weighted by molar-refractivity contribution is 6.25. The molecule has 0 bridgehead atoms. The first kappa shape index (κ1) is 18.8. The number of carbonyl (C=O) groups is 1. The zero-order chi connectivity index (χ0) is 17.6. The largest absolute Gasteiger partial charge is 0.511 e. The average molecular weight is 356 g/mol. The summed E-state index contributed by atoms with van der Waals surface area (Å²) in [6, 6.07) is 0. The van der Waals surface area contributed by atoms with E-state index in [4.69, 9.17) is 21.2 Å². The van der Waals surface area contributed by atoms with E-state index in [2.05, 4.69) is 12.1 Å². The highest BCUT2D eigenvalue weighted by atomic mass is 35.5. The number of oxime groups is 1. The maximum atomic E-state index is 12.6. The second-order valence-electron chi connectivity index (χ2n) is 6.70. The molecule has 0 aromatic carbocycles. The lowest BCUT2D eigenvalue weighted by Crippen LogP contribution is -2.44. The fraction of sp³-hybridized carbons (Fsp3) is 0.667. The molecule has 0 aromatic rings.